The Morgan fingerprint density at radius 1 is 0.455 bits per heavy atom. The maximum absolute atomic E-state index is 9.33. The molecule has 0 saturated carbocycles. The molecule has 0 fully saturated rings. The molecule has 6 aromatic carbocycles. The topological polar surface area (TPSA) is 65.0 Å². The first-order chi connectivity index (χ1) is 25.5. The van der Waals surface area contributed by atoms with E-state index >= 15 is 0 Å². The SMILES string of the molecule is [2H]c1c([2H])c([2H])c(-c2c([2H])c([2H])c([2H])c(-c3nc(-c4ccc5c(c4)oc4ccccc45)nc(-c4cccc5oc6ccccc6c45)n3)c2[2H])c([2H])c1[2H]. The van der Waals surface area contributed by atoms with Crippen molar-refractivity contribution in [3.8, 4) is 45.3 Å². The molecule has 0 aliphatic carbocycles. The Balaban J connectivity index is 1.36. The number of rotatable bonds is 4. The van der Waals surface area contributed by atoms with Gasteiger partial charge in [-0.2, -0.15) is 0 Å². The van der Waals surface area contributed by atoms with Crippen LogP contribution >= 0.6 is 0 Å². The van der Waals surface area contributed by atoms with E-state index in [2.05, 4.69) is 0 Å². The van der Waals surface area contributed by atoms with Crippen LogP contribution in [-0.2, 0) is 0 Å². The number of aromatic nitrogens is 3. The van der Waals surface area contributed by atoms with Crippen molar-refractivity contribution < 1.29 is 21.2 Å². The van der Waals surface area contributed by atoms with Crippen molar-refractivity contribution in [1.82, 2.24) is 15.0 Å². The van der Waals surface area contributed by atoms with E-state index in [-0.39, 0.29) is 23.0 Å². The molecule has 0 radical (unpaired) electrons. The van der Waals surface area contributed by atoms with Gasteiger partial charge in [-0.3, -0.25) is 0 Å². The summed E-state index contributed by atoms with van der Waals surface area (Å²) in [5.41, 5.74) is 2.48. The van der Waals surface area contributed by atoms with E-state index in [1.54, 1.807) is 12.1 Å². The molecular weight excluding hydrogens is 542 g/mol. The molecular formula is C39H23N3O2. The van der Waals surface area contributed by atoms with Crippen LogP contribution in [0, 0.1) is 0 Å². The highest BCUT2D eigenvalue weighted by Gasteiger charge is 2.18. The molecule has 0 bridgehead atoms. The molecule has 3 heterocycles. The van der Waals surface area contributed by atoms with E-state index in [1.165, 1.54) is 0 Å². The fraction of sp³-hybridized carbons (Fsp3) is 0. The van der Waals surface area contributed by atoms with Crippen molar-refractivity contribution in [2.24, 2.45) is 0 Å². The van der Waals surface area contributed by atoms with Gasteiger partial charge in [0.05, 0.1) is 12.3 Å². The fourth-order valence-electron chi connectivity index (χ4n) is 5.52. The number of hydrogen-bond acceptors (Lipinski definition) is 5. The predicted octanol–water partition coefficient (Wildman–Crippen LogP) is 10.3. The van der Waals surface area contributed by atoms with Crippen molar-refractivity contribution in [3.63, 3.8) is 0 Å². The van der Waals surface area contributed by atoms with Crippen LogP contribution in [0.1, 0.15) is 12.3 Å². The Bertz CT molecular complexity index is 3000. The molecule has 0 unspecified atom stereocenters. The molecule has 0 aliphatic heterocycles. The Morgan fingerprint density at radius 3 is 1.95 bits per heavy atom. The molecule has 0 atom stereocenters. The molecule has 0 saturated heterocycles. The first-order valence-corrected chi connectivity index (χ1v) is 13.8. The van der Waals surface area contributed by atoms with Crippen molar-refractivity contribution >= 4 is 43.9 Å². The minimum atomic E-state index is -0.658. The maximum Gasteiger partial charge on any atom is 0.164 e. The average molecular weight is 575 g/mol. The Labute approximate surface area is 264 Å². The average Bonchev–Trinajstić information content (AvgIpc) is 3.75. The molecule has 3 aromatic heterocycles. The van der Waals surface area contributed by atoms with Crippen molar-refractivity contribution in [1.29, 1.82) is 0 Å². The van der Waals surface area contributed by atoms with Gasteiger partial charge in [-0.25, -0.2) is 15.0 Å². The molecule has 0 N–H and O–H groups in total. The second-order valence-electron chi connectivity index (χ2n) is 10.1. The molecule has 0 aliphatic rings. The lowest BCUT2D eigenvalue weighted by molar-refractivity contribution is 0.668. The molecule has 44 heavy (non-hydrogen) atoms. The monoisotopic (exact) mass is 574 g/mol. The van der Waals surface area contributed by atoms with Crippen LogP contribution in [0.5, 0.6) is 0 Å². The highest BCUT2D eigenvalue weighted by molar-refractivity contribution is 6.12. The van der Waals surface area contributed by atoms with Gasteiger partial charge in [-0.15, -0.1) is 0 Å². The van der Waals surface area contributed by atoms with Gasteiger partial charge in [0.1, 0.15) is 22.3 Å². The van der Waals surface area contributed by atoms with E-state index < -0.39 is 65.5 Å². The Hall–Kier alpha value is -6.07. The van der Waals surface area contributed by atoms with Crippen LogP contribution in [0.2, 0.25) is 0 Å². The first kappa shape index (κ1) is 17.1. The molecule has 9 aromatic rings. The van der Waals surface area contributed by atoms with E-state index in [4.69, 9.17) is 34.8 Å². The predicted molar refractivity (Wildman–Crippen MR) is 176 cm³/mol. The zero-order chi connectivity index (χ0) is 36.9. The third-order valence-corrected chi connectivity index (χ3v) is 7.51. The number of nitrogens with zero attached hydrogens (tertiary/aromatic N) is 3. The van der Waals surface area contributed by atoms with E-state index in [0.717, 1.165) is 21.5 Å². The summed E-state index contributed by atoms with van der Waals surface area (Å²) in [5, 5.41) is 3.34. The van der Waals surface area contributed by atoms with Crippen LogP contribution in [-0.4, -0.2) is 15.0 Å². The third kappa shape index (κ3) is 3.98. The second-order valence-corrected chi connectivity index (χ2v) is 10.1. The van der Waals surface area contributed by atoms with Crippen LogP contribution < -0.4 is 0 Å². The number of fused-ring (bicyclic) bond motifs is 6. The smallest absolute Gasteiger partial charge is 0.164 e. The van der Waals surface area contributed by atoms with Crippen molar-refractivity contribution in [3.05, 3.63) is 139 Å². The van der Waals surface area contributed by atoms with Crippen LogP contribution in [0.25, 0.3) is 89.2 Å². The van der Waals surface area contributed by atoms with Crippen molar-refractivity contribution in [2.75, 3.05) is 0 Å². The lowest BCUT2D eigenvalue weighted by atomic mass is 10.0. The Morgan fingerprint density at radius 2 is 1.09 bits per heavy atom. The molecule has 9 rings (SSSR count). The summed E-state index contributed by atoms with van der Waals surface area (Å²) in [5.74, 6) is 0.134. The van der Waals surface area contributed by atoms with Crippen molar-refractivity contribution in [2.45, 2.75) is 0 Å². The normalized spacial score (nSPS) is 14.5. The number of benzene rings is 6. The minimum Gasteiger partial charge on any atom is -0.456 e. The largest absolute Gasteiger partial charge is 0.456 e. The van der Waals surface area contributed by atoms with Gasteiger partial charge >= 0.3 is 0 Å². The number of para-hydroxylation sites is 2. The van der Waals surface area contributed by atoms with E-state index in [0.29, 0.717) is 33.5 Å². The fourth-order valence-corrected chi connectivity index (χ4v) is 5.52. The van der Waals surface area contributed by atoms with Gasteiger partial charge in [0.15, 0.2) is 17.5 Å². The summed E-state index contributed by atoms with van der Waals surface area (Å²) in [6.45, 7) is 0. The highest BCUT2D eigenvalue weighted by atomic mass is 16.3. The summed E-state index contributed by atoms with van der Waals surface area (Å²) in [6, 6.07) is 20.5. The van der Waals surface area contributed by atoms with Gasteiger partial charge < -0.3 is 8.83 Å². The number of furan rings is 2. The lowest BCUT2D eigenvalue weighted by Gasteiger charge is -2.10. The molecule has 206 valence electrons. The third-order valence-electron chi connectivity index (χ3n) is 7.51. The summed E-state index contributed by atoms with van der Waals surface area (Å²) in [4.78, 5) is 14.4. The molecule has 0 amide bonds. The van der Waals surface area contributed by atoms with Crippen LogP contribution in [0.15, 0.2) is 148 Å². The van der Waals surface area contributed by atoms with Gasteiger partial charge in [0.2, 0.25) is 0 Å². The van der Waals surface area contributed by atoms with Crippen LogP contribution in [0.3, 0.4) is 0 Å². The number of hydrogen-bond donors (Lipinski definition) is 0. The highest BCUT2D eigenvalue weighted by Crippen LogP contribution is 2.37. The zero-order valence-corrected chi connectivity index (χ0v) is 22.7. The first-order valence-electron chi connectivity index (χ1n) is 18.3. The molecule has 5 nitrogen and oxygen atoms in total. The summed E-state index contributed by atoms with van der Waals surface area (Å²) >= 11 is 0. The molecule has 0 spiro atoms. The minimum absolute atomic E-state index is 0.154. The molecule has 5 heteroatoms. The quantitative estimate of drug-likeness (QED) is 0.209. The Kier molecular flexibility index (Phi) is 3.80. The summed E-state index contributed by atoms with van der Waals surface area (Å²) < 4.78 is 89.8. The van der Waals surface area contributed by atoms with E-state index in [9.17, 15) is 1.37 Å². The van der Waals surface area contributed by atoms with Gasteiger partial charge in [0, 0.05) is 38.2 Å². The zero-order valence-electron chi connectivity index (χ0n) is 31.7. The summed E-state index contributed by atoms with van der Waals surface area (Å²) in [6.07, 6.45) is 0. The lowest BCUT2D eigenvalue weighted by Crippen LogP contribution is -2.00. The standard InChI is InChI=1S/C39H23N3O2/c1-2-10-24(11-3-1)25-12-8-13-26(22-25)37-40-38(27-20-21-29-28-14-4-6-17-32(28)44-35(29)23-27)42-39(41-37)31-16-9-19-34-36(31)30-15-5-7-18-33(30)43-34/h1-23H/i1D,2D,3D,8D,10D,11D,12D,13D,22D. The second kappa shape index (κ2) is 9.75. The maximum atomic E-state index is 9.33. The van der Waals surface area contributed by atoms with Gasteiger partial charge in [-0.05, 0) is 47.5 Å². The summed E-state index contributed by atoms with van der Waals surface area (Å²) in [7, 11) is 0. The van der Waals surface area contributed by atoms with Crippen LogP contribution in [0.4, 0.5) is 0 Å². The van der Waals surface area contributed by atoms with Gasteiger partial charge in [-0.1, -0.05) is 103 Å². The van der Waals surface area contributed by atoms with E-state index in [1.807, 2.05) is 72.8 Å². The van der Waals surface area contributed by atoms with Gasteiger partial charge in [0.25, 0.3) is 0 Å².